The van der Waals surface area contributed by atoms with Gasteiger partial charge >= 0.3 is 6.09 Å². The maximum Gasteiger partial charge on any atom is 0.414 e. The van der Waals surface area contributed by atoms with Crippen molar-refractivity contribution in [1.82, 2.24) is 5.32 Å². The Bertz CT molecular complexity index is 655. The SMILES string of the molecule is C=CCOC(=O)N/C(=N\CCCCCCCCC)Nc1ccc(C2OCCO2)cc1. The summed E-state index contributed by atoms with van der Waals surface area (Å²) < 4.78 is 16.0. The molecule has 1 heterocycles. The molecule has 1 amide bonds. The molecule has 0 spiro atoms. The van der Waals surface area contributed by atoms with E-state index in [0.717, 1.165) is 24.1 Å². The summed E-state index contributed by atoms with van der Waals surface area (Å²) in [6, 6.07) is 7.67. The summed E-state index contributed by atoms with van der Waals surface area (Å²) in [5, 5.41) is 5.82. The van der Waals surface area contributed by atoms with Crippen LogP contribution in [0.3, 0.4) is 0 Å². The standard InChI is InChI=1S/C23H35N3O4/c1-3-5-6-7-8-9-10-15-24-22(26-23(27)30-16-4-2)25-20-13-11-19(12-14-20)21-28-17-18-29-21/h4,11-14,21H,2-3,5-10,15-18H2,1H3,(H2,24,25,26,27). The van der Waals surface area contributed by atoms with Crippen molar-refractivity contribution in [2.75, 3.05) is 31.7 Å². The first-order chi connectivity index (χ1) is 14.7. The molecule has 0 aliphatic carbocycles. The third-order valence-corrected chi connectivity index (χ3v) is 4.65. The third kappa shape index (κ3) is 9.41. The molecule has 1 aliphatic heterocycles. The van der Waals surface area contributed by atoms with E-state index in [1.165, 1.54) is 38.2 Å². The number of unbranched alkanes of at least 4 members (excludes halogenated alkanes) is 6. The Balaban J connectivity index is 1.86. The van der Waals surface area contributed by atoms with Crippen LogP contribution < -0.4 is 10.6 Å². The van der Waals surface area contributed by atoms with E-state index in [0.29, 0.717) is 25.7 Å². The van der Waals surface area contributed by atoms with Gasteiger partial charge in [0.15, 0.2) is 6.29 Å². The second kappa shape index (κ2) is 14.6. The minimum atomic E-state index is -0.565. The van der Waals surface area contributed by atoms with Gasteiger partial charge in [0.1, 0.15) is 6.61 Å². The minimum absolute atomic E-state index is 0.146. The van der Waals surface area contributed by atoms with Crippen LogP contribution in [-0.2, 0) is 14.2 Å². The van der Waals surface area contributed by atoms with Crippen LogP contribution in [0.15, 0.2) is 41.9 Å². The molecule has 2 N–H and O–H groups in total. The van der Waals surface area contributed by atoms with Gasteiger partial charge in [0.2, 0.25) is 5.96 Å². The largest absolute Gasteiger partial charge is 0.445 e. The average Bonchev–Trinajstić information content (AvgIpc) is 3.29. The van der Waals surface area contributed by atoms with E-state index in [9.17, 15) is 4.79 Å². The smallest absolute Gasteiger partial charge is 0.414 e. The molecular weight excluding hydrogens is 382 g/mol. The highest BCUT2D eigenvalue weighted by atomic mass is 16.7. The topological polar surface area (TPSA) is 81.2 Å². The number of alkyl carbamates (subject to hydrolysis) is 1. The van der Waals surface area contributed by atoms with Crippen molar-refractivity contribution in [3.63, 3.8) is 0 Å². The van der Waals surface area contributed by atoms with E-state index in [-0.39, 0.29) is 12.9 Å². The molecule has 0 radical (unpaired) electrons. The summed E-state index contributed by atoms with van der Waals surface area (Å²) in [6.07, 6.45) is 9.13. The highest BCUT2D eigenvalue weighted by Gasteiger charge is 2.18. The highest BCUT2D eigenvalue weighted by molar-refractivity contribution is 6.02. The van der Waals surface area contributed by atoms with Gasteiger partial charge in [0.25, 0.3) is 0 Å². The van der Waals surface area contributed by atoms with Crippen LogP contribution in [0.5, 0.6) is 0 Å². The zero-order chi connectivity index (χ0) is 21.4. The van der Waals surface area contributed by atoms with Crippen LogP contribution in [0.4, 0.5) is 10.5 Å². The first-order valence-electron chi connectivity index (χ1n) is 10.9. The summed E-state index contributed by atoms with van der Waals surface area (Å²) in [5.41, 5.74) is 1.76. The Morgan fingerprint density at radius 1 is 1.13 bits per heavy atom. The monoisotopic (exact) mass is 417 g/mol. The van der Waals surface area contributed by atoms with Gasteiger partial charge in [-0.3, -0.25) is 10.3 Å². The zero-order valence-electron chi connectivity index (χ0n) is 18.0. The van der Waals surface area contributed by atoms with Gasteiger partial charge in [0.05, 0.1) is 13.2 Å². The van der Waals surface area contributed by atoms with Crippen molar-refractivity contribution in [2.24, 2.45) is 4.99 Å². The fourth-order valence-corrected chi connectivity index (χ4v) is 3.05. The molecule has 1 aromatic carbocycles. The number of carbonyl (C=O) groups excluding carboxylic acids is 1. The molecule has 1 aromatic rings. The Hall–Kier alpha value is -2.38. The molecule has 0 aromatic heterocycles. The Labute approximate surface area is 179 Å². The summed E-state index contributed by atoms with van der Waals surface area (Å²) in [5.74, 6) is 0.371. The quantitative estimate of drug-likeness (QED) is 0.212. The molecule has 0 bridgehead atoms. The van der Waals surface area contributed by atoms with Crippen LogP contribution in [0.25, 0.3) is 0 Å². The van der Waals surface area contributed by atoms with E-state index in [4.69, 9.17) is 14.2 Å². The van der Waals surface area contributed by atoms with Crippen molar-refractivity contribution >= 4 is 17.7 Å². The first kappa shape index (κ1) is 23.9. The number of carbonyl (C=O) groups is 1. The fraction of sp³-hybridized carbons (Fsp3) is 0.565. The Kier molecular flexibility index (Phi) is 11.6. The van der Waals surface area contributed by atoms with E-state index < -0.39 is 6.09 Å². The predicted octanol–water partition coefficient (Wildman–Crippen LogP) is 5.16. The Morgan fingerprint density at radius 3 is 2.47 bits per heavy atom. The van der Waals surface area contributed by atoms with Gasteiger partial charge in [-0.15, -0.1) is 0 Å². The number of nitrogens with one attached hydrogen (secondary N) is 2. The molecular formula is C23H35N3O4. The third-order valence-electron chi connectivity index (χ3n) is 4.65. The zero-order valence-corrected chi connectivity index (χ0v) is 18.0. The second-order valence-electron chi connectivity index (χ2n) is 7.18. The number of hydrogen-bond donors (Lipinski definition) is 2. The lowest BCUT2D eigenvalue weighted by atomic mass is 10.1. The van der Waals surface area contributed by atoms with Crippen molar-refractivity contribution in [3.05, 3.63) is 42.5 Å². The van der Waals surface area contributed by atoms with E-state index >= 15 is 0 Å². The summed E-state index contributed by atoms with van der Waals surface area (Å²) in [4.78, 5) is 16.5. The number of hydrogen-bond acceptors (Lipinski definition) is 5. The van der Waals surface area contributed by atoms with Crippen LogP contribution in [0, 0.1) is 0 Å². The van der Waals surface area contributed by atoms with Gasteiger partial charge in [-0.1, -0.05) is 70.2 Å². The highest BCUT2D eigenvalue weighted by Crippen LogP contribution is 2.24. The maximum absolute atomic E-state index is 11.9. The summed E-state index contributed by atoms with van der Waals surface area (Å²) >= 11 is 0. The van der Waals surface area contributed by atoms with E-state index in [1.807, 2.05) is 24.3 Å². The van der Waals surface area contributed by atoms with Crippen LogP contribution in [0.2, 0.25) is 0 Å². The molecule has 1 fully saturated rings. The molecule has 1 aliphatic rings. The molecule has 7 nitrogen and oxygen atoms in total. The number of rotatable bonds is 12. The summed E-state index contributed by atoms with van der Waals surface area (Å²) in [6.45, 7) is 7.77. The molecule has 0 atom stereocenters. The number of guanidine groups is 1. The first-order valence-corrected chi connectivity index (χ1v) is 10.9. The van der Waals surface area contributed by atoms with Crippen molar-refractivity contribution in [2.45, 2.75) is 58.2 Å². The van der Waals surface area contributed by atoms with Gasteiger partial charge in [-0.2, -0.15) is 0 Å². The number of benzene rings is 1. The van der Waals surface area contributed by atoms with E-state index in [2.05, 4.69) is 29.1 Å². The second-order valence-corrected chi connectivity index (χ2v) is 7.18. The molecule has 0 saturated carbocycles. The van der Waals surface area contributed by atoms with Gasteiger partial charge < -0.3 is 19.5 Å². The van der Waals surface area contributed by atoms with Crippen LogP contribution in [-0.4, -0.2) is 38.4 Å². The molecule has 2 rings (SSSR count). The summed E-state index contributed by atoms with van der Waals surface area (Å²) in [7, 11) is 0. The normalized spacial score (nSPS) is 14.5. The number of anilines is 1. The number of amides is 1. The Morgan fingerprint density at radius 2 is 1.80 bits per heavy atom. The van der Waals surface area contributed by atoms with Crippen molar-refractivity contribution < 1.29 is 19.0 Å². The lowest BCUT2D eigenvalue weighted by Gasteiger charge is -2.13. The number of ether oxygens (including phenoxy) is 3. The molecule has 166 valence electrons. The maximum atomic E-state index is 11.9. The van der Waals surface area contributed by atoms with Gasteiger partial charge in [-0.05, 0) is 18.6 Å². The minimum Gasteiger partial charge on any atom is -0.445 e. The average molecular weight is 418 g/mol. The lowest BCUT2D eigenvalue weighted by molar-refractivity contribution is -0.0441. The van der Waals surface area contributed by atoms with Crippen LogP contribution >= 0.6 is 0 Å². The van der Waals surface area contributed by atoms with E-state index in [1.54, 1.807) is 0 Å². The van der Waals surface area contributed by atoms with Gasteiger partial charge in [0, 0.05) is 17.8 Å². The molecule has 1 saturated heterocycles. The van der Waals surface area contributed by atoms with Crippen molar-refractivity contribution in [3.8, 4) is 0 Å². The molecule has 30 heavy (non-hydrogen) atoms. The van der Waals surface area contributed by atoms with Crippen molar-refractivity contribution in [1.29, 1.82) is 0 Å². The van der Waals surface area contributed by atoms with Gasteiger partial charge in [-0.25, -0.2) is 4.79 Å². The number of aliphatic imine (C=N–C) groups is 1. The number of nitrogens with zero attached hydrogens (tertiary/aromatic N) is 1. The fourth-order valence-electron chi connectivity index (χ4n) is 3.05. The molecule has 0 unspecified atom stereocenters. The predicted molar refractivity (Wildman–Crippen MR) is 120 cm³/mol. The lowest BCUT2D eigenvalue weighted by Crippen LogP contribution is -2.36. The van der Waals surface area contributed by atoms with Crippen LogP contribution in [0.1, 0.15) is 63.7 Å². The molecule has 7 heteroatoms.